The van der Waals surface area contributed by atoms with E-state index in [-0.39, 0.29) is 5.69 Å². The number of hydrogen-bond donors (Lipinski definition) is 1. The van der Waals surface area contributed by atoms with Crippen LogP contribution in [0.25, 0.3) is 0 Å². The number of rotatable bonds is 5. The van der Waals surface area contributed by atoms with Crippen LogP contribution < -0.4 is 5.32 Å². The van der Waals surface area contributed by atoms with Crippen LogP contribution in [0.2, 0.25) is 0 Å². The maximum atomic E-state index is 12.0. The Morgan fingerprint density at radius 2 is 1.89 bits per heavy atom. The van der Waals surface area contributed by atoms with Crippen molar-refractivity contribution >= 4 is 11.6 Å². The van der Waals surface area contributed by atoms with Crippen LogP contribution in [-0.2, 0) is 0 Å². The Balaban J connectivity index is 2.90. The number of non-ortho nitro benzene ring substituents is 1. The largest absolute Gasteiger partial charge is 0.334 e. The summed E-state index contributed by atoms with van der Waals surface area (Å²) in [6.45, 7) is 3.64. The highest BCUT2D eigenvalue weighted by atomic mass is 16.6. The van der Waals surface area contributed by atoms with E-state index in [1.54, 1.807) is 0 Å². The first-order chi connectivity index (χ1) is 8.98. The molecule has 100 valence electrons. The predicted molar refractivity (Wildman–Crippen MR) is 69.5 cm³/mol. The second kappa shape index (κ2) is 5.96. The van der Waals surface area contributed by atoms with Gasteiger partial charge in [0.25, 0.3) is 11.6 Å². The first-order valence-electron chi connectivity index (χ1n) is 5.96. The van der Waals surface area contributed by atoms with E-state index < -0.39 is 16.4 Å². The fraction of sp³-hybridized carbons (Fsp3) is 0.385. The van der Waals surface area contributed by atoms with Crippen molar-refractivity contribution in [1.29, 1.82) is 5.26 Å². The minimum atomic E-state index is -0.890. The third-order valence-corrected chi connectivity index (χ3v) is 3.11. The average molecular weight is 261 g/mol. The second-order valence-electron chi connectivity index (χ2n) is 4.16. The van der Waals surface area contributed by atoms with Crippen molar-refractivity contribution in [3.8, 4) is 6.07 Å². The molecule has 1 amide bonds. The van der Waals surface area contributed by atoms with Gasteiger partial charge in [-0.05, 0) is 25.0 Å². The van der Waals surface area contributed by atoms with Gasteiger partial charge in [-0.1, -0.05) is 13.8 Å². The van der Waals surface area contributed by atoms with Gasteiger partial charge in [0.15, 0.2) is 0 Å². The molecule has 0 atom stereocenters. The average Bonchev–Trinajstić information content (AvgIpc) is 2.45. The SMILES string of the molecule is CCC(C#N)(CC)NC(=O)c1ccc([N+](=O)[O-])cc1. The number of carbonyl (C=O) groups is 1. The number of amides is 1. The Hall–Kier alpha value is -2.42. The van der Waals surface area contributed by atoms with E-state index in [9.17, 15) is 14.9 Å². The molecule has 1 aromatic rings. The second-order valence-corrected chi connectivity index (χ2v) is 4.16. The first-order valence-corrected chi connectivity index (χ1v) is 5.96. The van der Waals surface area contributed by atoms with E-state index in [1.807, 2.05) is 13.8 Å². The maximum absolute atomic E-state index is 12.0. The standard InChI is InChI=1S/C13H15N3O3/c1-3-13(4-2,9-14)15-12(17)10-5-7-11(8-6-10)16(18)19/h5-8H,3-4H2,1-2H3,(H,15,17). The van der Waals surface area contributed by atoms with Crippen LogP contribution >= 0.6 is 0 Å². The zero-order valence-electron chi connectivity index (χ0n) is 10.8. The summed E-state index contributed by atoms with van der Waals surface area (Å²) in [4.78, 5) is 22.0. The number of nitro groups is 1. The van der Waals surface area contributed by atoms with Gasteiger partial charge in [0.2, 0.25) is 0 Å². The number of nitrogens with zero attached hydrogens (tertiary/aromatic N) is 2. The van der Waals surface area contributed by atoms with Gasteiger partial charge < -0.3 is 5.32 Å². The van der Waals surface area contributed by atoms with Gasteiger partial charge in [-0.2, -0.15) is 5.26 Å². The van der Waals surface area contributed by atoms with Crippen LogP contribution in [0.4, 0.5) is 5.69 Å². The summed E-state index contributed by atoms with van der Waals surface area (Å²) >= 11 is 0. The van der Waals surface area contributed by atoms with Gasteiger partial charge in [-0.15, -0.1) is 0 Å². The third kappa shape index (κ3) is 3.28. The molecule has 0 fully saturated rings. The zero-order chi connectivity index (χ0) is 14.5. The van der Waals surface area contributed by atoms with Crippen LogP contribution in [-0.4, -0.2) is 16.4 Å². The molecule has 0 saturated heterocycles. The van der Waals surface area contributed by atoms with Crippen molar-refractivity contribution in [3.05, 3.63) is 39.9 Å². The van der Waals surface area contributed by atoms with Gasteiger partial charge in [0.1, 0.15) is 5.54 Å². The van der Waals surface area contributed by atoms with Crippen molar-refractivity contribution in [3.63, 3.8) is 0 Å². The highest BCUT2D eigenvalue weighted by Gasteiger charge is 2.28. The maximum Gasteiger partial charge on any atom is 0.269 e. The Labute approximate surface area is 111 Å². The molecule has 1 rings (SSSR count). The number of nitrogens with one attached hydrogen (secondary N) is 1. The number of nitriles is 1. The normalized spacial score (nSPS) is 10.6. The fourth-order valence-electron chi connectivity index (χ4n) is 1.64. The highest BCUT2D eigenvalue weighted by molar-refractivity contribution is 5.95. The lowest BCUT2D eigenvalue weighted by Gasteiger charge is -2.24. The van der Waals surface area contributed by atoms with Gasteiger partial charge in [-0.3, -0.25) is 14.9 Å². The summed E-state index contributed by atoms with van der Waals surface area (Å²) in [7, 11) is 0. The fourth-order valence-corrected chi connectivity index (χ4v) is 1.64. The van der Waals surface area contributed by atoms with Gasteiger partial charge in [-0.25, -0.2) is 0 Å². The quantitative estimate of drug-likeness (QED) is 0.650. The molecule has 1 N–H and O–H groups in total. The van der Waals surface area contributed by atoms with E-state index >= 15 is 0 Å². The summed E-state index contributed by atoms with van der Waals surface area (Å²) in [5, 5.41) is 22.3. The molecule has 0 aliphatic rings. The molecule has 0 aromatic heterocycles. The monoisotopic (exact) mass is 261 g/mol. The van der Waals surface area contributed by atoms with Crippen LogP contribution in [0.3, 0.4) is 0 Å². The minimum Gasteiger partial charge on any atom is -0.334 e. The van der Waals surface area contributed by atoms with Crippen molar-refractivity contribution in [2.75, 3.05) is 0 Å². The molecule has 0 unspecified atom stereocenters. The Morgan fingerprint density at radius 3 is 2.26 bits per heavy atom. The number of hydrogen-bond acceptors (Lipinski definition) is 4. The van der Waals surface area contributed by atoms with Crippen molar-refractivity contribution < 1.29 is 9.72 Å². The number of carbonyl (C=O) groups excluding carboxylic acids is 1. The lowest BCUT2D eigenvalue weighted by molar-refractivity contribution is -0.384. The van der Waals surface area contributed by atoms with E-state index in [1.165, 1.54) is 24.3 Å². The van der Waals surface area contributed by atoms with E-state index in [0.717, 1.165) is 0 Å². The van der Waals surface area contributed by atoms with E-state index in [2.05, 4.69) is 11.4 Å². The molecule has 6 heteroatoms. The van der Waals surface area contributed by atoms with Gasteiger partial charge in [0.05, 0.1) is 11.0 Å². The Morgan fingerprint density at radius 1 is 1.37 bits per heavy atom. The molecule has 0 spiro atoms. The molecule has 0 aliphatic heterocycles. The van der Waals surface area contributed by atoms with Crippen LogP contribution in [0.5, 0.6) is 0 Å². The van der Waals surface area contributed by atoms with Crippen LogP contribution in [0, 0.1) is 21.4 Å². The van der Waals surface area contributed by atoms with Gasteiger partial charge in [0, 0.05) is 17.7 Å². The predicted octanol–water partition coefficient (Wildman–Crippen LogP) is 2.41. The zero-order valence-corrected chi connectivity index (χ0v) is 10.8. The summed E-state index contributed by atoms with van der Waals surface area (Å²) in [5.41, 5.74) is -0.667. The lowest BCUT2D eigenvalue weighted by atomic mass is 9.94. The molecule has 0 radical (unpaired) electrons. The van der Waals surface area contributed by atoms with Crippen LogP contribution in [0.1, 0.15) is 37.0 Å². The van der Waals surface area contributed by atoms with Crippen molar-refractivity contribution in [2.45, 2.75) is 32.2 Å². The molecule has 6 nitrogen and oxygen atoms in total. The molecule has 0 aliphatic carbocycles. The lowest BCUT2D eigenvalue weighted by Crippen LogP contribution is -2.46. The molecule has 0 bridgehead atoms. The van der Waals surface area contributed by atoms with Gasteiger partial charge >= 0.3 is 0 Å². The van der Waals surface area contributed by atoms with E-state index in [4.69, 9.17) is 5.26 Å². The summed E-state index contributed by atoms with van der Waals surface area (Å²) in [5.74, 6) is -0.403. The topological polar surface area (TPSA) is 96.0 Å². The summed E-state index contributed by atoms with van der Waals surface area (Å²) in [6.07, 6.45) is 0.997. The first kappa shape index (κ1) is 14.6. The third-order valence-electron chi connectivity index (χ3n) is 3.11. The summed E-state index contributed by atoms with van der Waals surface area (Å²) < 4.78 is 0. The Kier molecular flexibility index (Phi) is 4.59. The van der Waals surface area contributed by atoms with E-state index in [0.29, 0.717) is 18.4 Å². The molecule has 0 saturated carbocycles. The highest BCUT2D eigenvalue weighted by Crippen LogP contribution is 2.16. The molecule has 0 heterocycles. The Bertz CT molecular complexity index is 513. The molecule has 1 aromatic carbocycles. The molecule has 19 heavy (non-hydrogen) atoms. The minimum absolute atomic E-state index is 0.0749. The van der Waals surface area contributed by atoms with Crippen molar-refractivity contribution in [2.24, 2.45) is 0 Å². The summed E-state index contributed by atoms with van der Waals surface area (Å²) in [6, 6.07) is 7.39. The molecular formula is C13H15N3O3. The molecular weight excluding hydrogens is 246 g/mol. The number of benzene rings is 1. The van der Waals surface area contributed by atoms with Crippen molar-refractivity contribution in [1.82, 2.24) is 5.32 Å². The number of nitro benzene ring substituents is 1. The smallest absolute Gasteiger partial charge is 0.269 e. The van der Waals surface area contributed by atoms with Crippen LogP contribution in [0.15, 0.2) is 24.3 Å².